The zero-order valence-corrected chi connectivity index (χ0v) is 11.7. The summed E-state index contributed by atoms with van der Waals surface area (Å²) in [6.45, 7) is 7.61. The molecule has 0 spiro atoms. The molecular formula is C14H22FNS. The summed E-state index contributed by atoms with van der Waals surface area (Å²) in [5.41, 5.74) is 0. The van der Waals surface area contributed by atoms with Crippen molar-refractivity contribution in [3.8, 4) is 0 Å². The summed E-state index contributed by atoms with van der Waals surface area (Å²) in [6.07, 6.45) is 2.25. The van der Waals surface area contributed by atoms with Crippen LogP contribution in [0.4, 0.5) is 4.39 Å². The van der Waals surface area contributed by atoms with E-state index in [1.807, 2.05) is 6.07 Å². The zero-order chi connectivity index (χ0) is 12.7. The Morgan fingerprint density at radius 1 is 1.35 bits per heavy atom. The van der Waals surface area contributed by atoms with Crippen molar-refractivity contribution < 1.29 is 4.39 Å². The van der Waals surface area contributed by atoms with Crippen LogP contribution in [0.1, 0.15) is 33.6 Å². The van der Waals surface area contributed by atoms with Crippen molar-refractivity contribution >= 4 is 11.8 Å². The quantitative estimate of drug-likeness (QED) is 0.737. The number of halogens is 1. The van der Waals surface area contributed by atoms with E-state index in [0.717, 1.165) is 24.3 Å². The van der Waals surface area contributed by atoms with E-state index in [9.17, 15) is 4.39 Å². The van der Waals surface area contributed by atoms with E-state index in [2.05, 4.69) is 26.1 Å². The predicted molar refractivity (Wildman–Crippen MR) is 74.1 cm³/mol. The topological polar surface area (TPSA) is 12.0 Å². The Labute approximate surface area is 108 Å². The second kappa shape index (κ2) is 7.72. The summed E-state index contributed by atoms with van der Waals surface area (Å²) >= 11 is 1.74. The average Bonchev–Trinajstić information content (AvgIpc) is 2.30. The van der Waals surface area contributed by atoms with E-state index in [0.29, 0.717) is 11.3 Å². The molecule has 0 aliphatic rings. The molecular weight excluding hydrogens is 233 g/mol. The average molecular weight is 255 g/mol. The van der Waals surface area contributed by atoms with E-state index in [1.165, 1.54) is 6.07 Å². The summed E-state index contributed by atoms with van der Waals surface area (Å²) in [5.74, 6) is -0.156. The van der Waals surface area contributed by atoms with E-state index in [4.69, 9.17) is 0 Å². The van der Waals surface area contributed by atoms with Crippen molar-refractivity contribution in [2.45, 2.75) is 49.8 Å². The van der Waals surface area contributed by atoms with Crippen LogP contribution in [0.25, 0.3) is 0 Å². The Hall–Kier alpha value is -0.540. The minimum Gasteiger partial charge on any atom is -0.313 e. The van der Waals surface area contributed by atoms with Gasteiger partial charge >= 0.3 is 0 Å². The molecule has 0 radical (unpaired) electrons. The van der Waals surface area contributed by atoms with E-state index < -0.39 is 0 Å². The molecule has 17 heavy (non-hydrogen) atoms. The molecule has 3 heteroatoms. The lowest BCUT2D eigenvalue weighted by Crippen LogP contribution is -2.36. The SMILES string of the molecule is CCCNC(CC)C(C)Sc1cccc(F)c1. The van der Waals surface area contributed by atoms with Gasteiger partial charge in [0.15, 0.2) is 0 Å². The van der Waals surface area contributed by atoms with Gasteiger partial charge in [-0.05, 0) is 37.6 Å². The molecule has 0 bridgehead atoms. The molecule has 1 rings (SSSR count). The third-order valence-corrected chi connectivity index (χ3v) is 4.01. The van der Waals surface area contributed by atoms with Gasteiger partial charge in [-0.1, -0.05) is 26.8 Å². The summed E-state index contributed by atoms with van der Waals surface area (Å²) in [7, 11) is 0. The molecule has 0 aliphatic heterocycles. The number of benzene rings is 1. The van der Waals surface area contributed by atoms with Crippen LogP contribution in [-0.2, 0) is 0 Å². The highest BCUT2D eigenvalue weighted by Crippen LogP contribution is 2.26. The first-order chi connectivity index (χ1) is 8.17. The molecule has 0 fully saturated rings. The summed E-state index contributed by atoms with van der Waals surface area (Å²) in [5, 5.41) is 3.99. The van der Waals surface area contributed by atoms with Gasteiger partial charge in [-0.3, -0.25) is 0 Å². The lowest BCUT2D eigenvalue weighted by molar-refractivity contribution is 0.493. The third-order valence-electron chi connectivity index (χ3n) is 2.78. The van der Waals surface area contributed by atoms with E-state index in [-0.39, 0.29) is 5.82 Å². The molecule has 1 nitrogen and oxygen atoms in total. The molecule has 0 amide bonds. The maximum absolute atomic E-state index is 13.1. The van der Waals surface area contributed by atoms with Crippen LogP contribution in [0, 0.1) is 5.82 Å². The Bertz CT molecular complexity index is 330. The van der Waals surface area contributed by atoms with Gasteiger partial charge in [0.2, 0.25) is 0 Å². The van der Waals surface area contributed by atoms with Gasteiger partial charge in [0.25, 0.3) is 0 Å². The first-order valence-corrected chi connectivity index (χ1v) is 7.21. The van der Waals surface area contributed by atoms with Gasteiger partial charge in [0.1, 0.15) is 5.82 Å². The fourth-order valence-corrected chi connectivity index (χ4v) is 3.03. The van der Waals surface area contributed by atoms with Crippen molar-refractivity contribution in [2.24, 2.45) is 0 Å². The normalized spacial score (nSPS) is 14.6. The van der Waals surface area contributed by atoms with E-state index in [1.54, 1.807) is 23.9 Å². The first-order valence-electron chi connectivity index (χ1n) is 6.33. The van der Waals surface area contributed by atoms with Crippen LogP contribution in [0.2, 0.25) is 0 Å². The summed E-state index contributed by atoms with van der Waals surface area (Å²) < 4.78 is 13.1. The number of hydrogen-bond acceptors (Lipinski definition) is 2. The number of thioether (sulfide) groups is 1. The predicted octanol–water partition coefficient (Wildman–Crippen LogP) is 4.08. The van der Waals surface area contributed by atoms with Gasteiger partial charge in [-0.15, -0.1) is 11.8 Å². The Morgan fingerprint density at radius 2 is 2.12 bits per heavy atom. The number of hydrogen-bond donors (Lipinski definition) is 1. The molecule has 96 valence electrons. The van der Waals surface area contributed by atoms with Gasteiger partial charge in [-0.25, -0.2) is 4.39 Å². The van der Waals surface area contributed by atoms with E-state index >= 15 is 0 Å². The lowest BCUT2D eigenvalue weighted by Gasteiger charge is -2.23. The minimum atomic E-state index is -0.156. The molecule has 1 aromatic rings. The maximum atomic E-state index is 13.1. The van der Waals surface area contributed by atoms with Crippen molar-refractivity contribution in [3.05, 3.63) is 30.1 Å². The smallest absolute Gasteiger partial charge is 0.124 e. The van der Waals surface area contributed by atoms with Gasteiger partial charge in [-0.2, -0.15) is 0 Å². The standard InChI is InChI=1S/C14H22FNS/c1-4-9-16-14(5-2)11(3)17-13-8-6-7-12(15)10-13/h6-8,10-11,14,16H,4-5,9H2,1-3H3. The largest absolute Gasteiger partial charge is 0.313 e. The first kappa shape index (κ1) is 14.5. The third kappa shape index (κ3) is 5.09. The van der Waals surface area contributed by atoms with Crippen LogP contribution in [0.5, 0.6) is 0 Å². The second-order valence-electron chi connectivity index (χ2n) is 4.25. The second-order valence-corrected chi connectivity index (χ2v) is 5.70. The van der Waals surface area contributed by atoms with Crippen molar-refractivity contribution in [1.29, 1.82) is 0 Å². The monoisotopic (exact) mass is 255 g/mol. The molecule has 2 atom stereocenters. The molecule has 0 saturated carbocycles. The molecule has 1 aromatic carbocycles. The van der Waals surface area contributed by atoms with Crippen LogP contribution in [0.15, 0.2) is 29.2 Å². The van der Waals surface area contributed by atoms with Crippen LogP contribution in [-0.4, -0.2) is 17.8 Å². The van der Waals surface area contributed by atoms with Crippen LogP contribution >= 0.6 is 11.8 Å². The molecule has 1 N–H and O–H groups in total. The van der Waals surface area contributed by atoms with Gasteiger partial charge < -0.3 is 5.32 Å². The van der Waals surface area contributed by atoms with Crippen molar-refractivity contribution in [1.82, 2.24) is 5.32 Å². The minimum absolute atomic E-state index is 0.156. The number of rotatable bonds is 7. The molecule has 0 aromatic heterocycles. The van der Waals surface area contributed by atoms with Crippen LogP contribution in [0.3, 0.4) is 0 Å². The highest BCUT2D eigenvalue weighted by atomic mass is 32.2. The van der Waals surface area contributed by atoms with Crippen molar-refractivity contribution in [2.75, 3.05) is 6.54 Å². The lowest BCUT2D eigenvalue weighted by atomic mass is 10.1. The Morgan fingerprint density at radius 3 is 2.71 bits per heavy atom. The molecule has 0 heterocycles. The maximum Gasteiger partial charge on any atom is 0.124 e. The molecule has 0 aliphatic carbocycles. The van der Waals surface area contributed by atoms with Gasteiger partial charge in [0.05, 0.1) is 0 Å². The fraction of sp³-hybridized carbons (Fsp3) is 0.571. The summed E-state index contributed by atoms with van der Waals surface area (Å²) in [4.78, 5) is 1.01. The van der Waals surface area contributed by atoms with Gasteiger partial charge in [0, 0.05) is 16.2 Å². The van der Waals surface area contributed by atoms with Crippen molar-refractivity contribution in [3.63, 3.8) is 0 Å². The Balaban J connectivity index is 2.54. The fourth-order valence-electron chi connectivity index (χ4n) is 1.81. The number of nitrogens with one attached hydrogen (secondary N) is 1. The Kier molecular flexibility index (Phi) is 6.60. The zero-order valence-electron chi connectivity index (χ0n) is 10.9. The molecule has 2 unspecified atom stereocenters. The summed E-state index contributed by atoms with van der Waals surface area (Å²) in [6, 6.07) is 7.32. The molecule has 0 saturated heterocycles. The van der Waals surface area contributed by atoms with Crippen LogP contribution < -0.4 is 5.32 Å². The highest BCUT2D eigenvalue weighted by molar-refractivity contribution is 8.00. The highest BCUT2D eigenvalue weighted by Gasteiger charge is 2.15.